The summed E-state index contributed by atoms with van der Waals surface area (Å²) in [5.74, 6) is 0. The first-order valence-electron chi connectivity index (χ1n) is 4.24. The first-order valence-corrected chi connectivity index (χ1v) is 4.24. The van der Waals surface area contributed by atoms with E-state index >= 15 is 0 Å². The van der Waals surface area contributed by atoms with Gasteiger partial charge in [0.25, 0.3) is 0 Å². The Kier molecular flexibility index (Phi) is 1.92. The van der Waals surface area contributed by atoms with Crippen LogP contribution in [0.25, 0.3) is 0 Å². The van der Waals surface area contributed by atoms with E-state index in [4.69, 9.17) is 5.73 Å². The molecular weight excluding hydrogens is 180 g/mol. The number of aryl methyl sites for hydroxylation is 1. The van der Waals surface area contributed by atoms with Crippen LogP contribution < -0.4 is 11.1 Å². The number of nitrogen functional groups attached to an aromatic ring is 1. The SMILES string of the molecule is Cc1ccc(C2N=NC(=O)N2)cc1N. The lowest BCUT2D eigenvalue weighted by Gasteiger charge is -2.08. The molecule has 1 aliphatic heterocycles. The Morgan fingerprint density at radius 3 is 2.86 bits per heavy atom. The summed E-state index contributed by atoms with van der Waals surface area (Å²) in [5, 5.41) is 9.74. The highest BCUT2D eigenvalue weighted by Gasteiger charge is 2.19. The van der Waals surface area contributed by atoms with Crippen LogP contribution in [0.2, 0.25) is 0 Å². The number of hydrogen-bond acceptors (Lipinski definition) is 3. The molecular formula is C9H10N4O. The Morgan fingerprint density at radius 1 is 1.50 bits per heavy atom. The molecule has 1 aromatic rings. The van der Waals surface area contributed by atoms with Crippen molar-refractivity contribution in [1.29, 1.82) is 0 Å². The fourth-order valence-corrected chi connectivity index (χ4v) is 1.26. The van der Waals surface area contributed by atoms with Crippen molar-refractivity contribution in [1.82, 2.24) is 5.32 Å². The second-order valence-corrected chi connectivity index (χ2v) is 3.18. The Labute approximate surface area is 81.0 Å². The van der Waals surface area contributed by atoms with Gasteiger partial charge in [0.05, 0.1) is 0 Å². The van der Waals surface area contributed by atoms with Crippen LogP contribution >= 0.6 is 0 Å². The van der Waals surface area contributed by atoms with E-state index in [1.807, 2.05) is 19.1 Å². The summed E-state index contributed by atoms with van der Waals surface area (Å²) in [6.45, 7) is 1.92. The second-order valence-electron chi connectivity index (χ2n) is 3.18. The largest absolute Gasteiger partial charge is 0.399 e. The van der Waals surface area contributed by atoms with Crippen LogP contribution in [-0.2, 0) is 0 Å². The molecule has 0 fully saturated rings. The molecule has 3 N–H and O–H groups in total. The highest BCUT2D eigenvalue weighted by molar-refractivity contribution is 5.76. The van der Waals surface area contributed by atoms with E-state index in [1.54, 1.807) is 6.07 Å². The lowest BCUT2D eigenvalue weighted by molar-refractivity contribution is 0.250. The Morgan fingerprint density at radius 2 is 2.29 bits per heavy atom. The number of hydrogen-bond donors (Lipinski definition) is 2. The summed E-state index contributed by atoms with van der Waals surface area (Å²) in [6.07, 6.45) is -0.384. The number of nitrogens with zero attached hydrogens (tertiary/aromatic N) is 2. The highest BCUT2D eigenvalue weighted by atomic mass is 16.2. The standard InChI is InChI=1S/C9H10N4O/c1-5-2-3-6(4-7(5)10)8-11-9(14)13-12-8/h2-4,8H,10H2,1H3,(H,11,14). The van der Waals surface area contributed by atoms with Crippen molar-refractivity contribution in [3.8, 4) is 0 Å². The predicted molar refractivity (Wildman–Crippen MR) is 51.7 cm³/mol. The fraction of sp³-hybridized carbons (Fsp3) is 0.222. The maximum absolute atomic E-state index is 10.8. The molecule has 2 rings (SSSR count). The molecule has 0 saturated carbocycles. The summed E-state index contributed by atoms with van der Waals surface area (Å²) in [7, 11) is 0. The van der Waals surface area contributed by atoms with Gasteiger partial charge >= 0.3 is 6.03 Å². The van der Waals surface area contributed by atoms with Crippen LogP contribution in [0.4, 0.5) is 10.5 Å². The maximum atomic E-state index is 10.8. The van der Waals surface area contributed by atoms with E-state index in [-0.39, 0.29) is 6.17 Å². The zero-order valence-corrected chi connectivity index (χ0v) is 7.69. The topological polar surface area (TPSA) is 79.8 Å². The van der Waals surface area contributed by atoms with E-state index in [1.165, 1.54) is 0 Å². The number of nitrogens with one attached hydrogen (secondary N) is 1. The van der Waals surface area contributed by atoms with Gasteiger partial charge in [0.2, 0.25) is 0 Å². The molecule has 5 heteroatoms. The first-order chi connectivity index (χ1) is 6.66. The van der Waals surface area contributed by atoms with Gasteiger partial charge in [-0.1, -0.05) is 17.2 Å². The van der Waals surface area contributed by atoms with Gasteiger partial charge in [0, 0.05) is 11.3 Å². The van der Waals surface area contributed by atoms with Crippen molar-refractivity contribution in [2.24, 2.45) is 10.2 Å². The second kappa shape index (κ2) is 3.10. The molecule has 1 unspecified atom stereocenters. The molecule has 0 saturated heterocycles. The van der Waals surface area contributed by atoms with Crippen LogP contribution in [0.15, 0.2) is 28.4 Å². The Bertz CT molecular complexity index is 413. The zero-order chi connectivity index (χ0) is 10.1. The number of azo groups is 1. The van der Waals surface area contributed by atoms with Gasteiger partial charge < -0.3 is 11.1 Å². The Hall–Kier alpha value is -1.91. The maximum Gasteiger partial charge on any atom is 0.361 e. The third-order valence-electron chi connectivity index (χ3n) is 2.14. The quantitative estimate of drug-likeness (QED) is 0.661. The number of carbonyl (C=O) groups excluding carboxylic acids is 1. The van der Waals surface area contributed by atoms with E-state index in [0.717, 1.165) is 11.1 Å². The summed E-state index contributed by atoms with van der Waals surface area (Å²) in [6, 6.07) is 5.16. The molecule has 0 radical (unpaired) electrons. The van der Waals surface area contributed by atoms with Crippen molar-refractivity contribution in [2.75, 3.05) is 5.73 Å². The van der Waals surface area contributed by atoms with E-state index in [0.29, 0.717) is 5.69 Å². The zero-order valence-electron chi connectivity index (χ0n) is 7.69. The minimum Gasteiger partial charge on any atom is -0.399 e. The van der Waals surface area contributed by atoms with E-state index < -0.39 is 6.03 Å². The van der Waals surface area contributed by atoms with Gasteiger partial charge in [0.15, 0.2) is 6.17 Å². The van der Waals surface area contributed by atoms with Crippen molar-refractivity contribution in [2.45, 2.75) is 13.1 Å². The summed E-state index contributed by atoms with van der Waals surface area (Å²) in [4.78, 5) is 10.8. The van der Waals surface area contributed by atoms with Crippen LogP contribution in [-0.4, -0.2) is 6.03 Å². The molecule has 5 nitrogen and oxygen atoms in total. The third kappa shape index (κ3) is 1.44. The third-order valence-corrected chi connectivity index (χ3v) is 2.14. The summed E-state index contributed by atoms with van der Waals surface area (Å²) in [5.41, 5.74) is 8.29. The van der Waals surface area contributed by atoms with E-state index in [2.05, 4.69) is 15.5 Å². The van der Waals surface area contributed by atoms with Gasteiger partial charge in [-0.2, -0.15) is 5.11 Å². The van der Waals surface area contributed by atoms with Gasteiger partial charge in [-0.3, -0.25) is 0 Å². The predicted octanol–water partition coefficient (Wildman–Crippen LogP) is 1.75. The van der Waals surface area contributed by atoms with Crippen molar-refractivity contribution in [3.63, 3.8) is 0 Å². The molecule has 14 heavy (non-hydrogen) atoms. The van der Waals surface area contributed by atoms with Crippen LogP contribution in [0.5, 0.6) is 0 Å². The average Bonchev–Trinajstić information content (AvgIpc) is 2.57. The molecule has 0 aliphatic carbocycles. The smallest absolute Gasteiger partial charge is 0.361 e. The molecule has 1 aromatic carbocycles. The molecule has 0 bridgehead atoms. The molecule has 0 aromatic heterocycles. The van der Waals surface area contributed by atoms with Gasteiger partial charge in [-0.15, -0.1) is 0 Å². The normalized spacial score (nSPS) is 19.8. The monoisotopic (exact) mass is 190 g/mol. The molecule has 1 heterocycles. The van der Waals surface area contributed by atoms with Gasteiger partial charge in [0.1, 0.15) is 0 Å². The van der Waals surface area contributed by atoms with Crippen LogP contribution in [0.1, 0.15) is 17.3 Å². The average molecular weight is 190 g/mol. The number of benzene rings is 1. The molecule has 1 aliphatic rings. The van der Waals surface area contributed by atoms with Crippen molar-refractivity contribution < 1.29 is 4.79 Å². The Balaban J connectivity index is 2.30. The lowest BCUT2D eigenvalue weighted by Crippen LogP contribution is -2.18. The summed E-state index contributed by atoms with van der Waals surface area (Å²) >= 11 is 0. The minimum absolute atomic E-state index is 0.384. The lowest BCUT2D eigenvalue weighted by atomic mass is 10.1. The first kappa shape index (κ1) is 8.68. The fourth-order valence-electron chi connectivity index (χ4n) is 1.26. The minimum atomic E-state index is -0.408. The number of nitrogens with two attached hydrogens (primary N) is 1. The van der Waals surface area contributed by atoms with Crippen molar-refractivity contribution in [3.05, 3.63) is 29.3 Å². The molecule has 1 atom stereocenters. The van der Waals surface area contributed by atoms with Gasteiger partial charge in [-0.05, 0) is 18.6 Å². The number of amides is 2. The number of anilines is 1. The van der Waals surface area contributed by atoms with Crippen molar-refractivity contribution >= 4 is 11.7 Å². The molecule has 2 amide bonds. The highest BCUT2D eigenvalue weighted by Crippen LogP contribution is 2.22. The van der Waals surface area contributed by atoms with Gasteiger partial charge in [-0.25, -0.2) is 4.79 Å². The van der Waals surface area contributed by atoms with E-state index in [9.17, 15) is 4.79 Å². The molecule has 0 spiro atoms. The number of urea groups is 1. The summed E-state index contributed by atoms with van der Waals surface area (Å²) < 4.78 is 0. The number of carbonyl (C=O) groups is 1. The van der Waals surface area contributed by atoms with Crippen LogP contribution in [0.3, 0.4) is 0 Å². The van der Waals surface area contributed by atoms with Crippen LogP contribution in [0, 0.1) is 6.92 Å². The number of rotatable bonds is 1. The molecule has 72 valence electrons.